The first-order valence-corrected chi connectivity index (χ1v) is 4.95. The highest BCUT2D eigenvalue weighted by Crippen LogP contribution is 2.30. The van der Waals surface area contributed by atoms with Gasteiger partial charge in [-0.05, 0) is 37.5 Å². The second kappa shape index (κ2) is 3.29. The van der Waals surface area contributed by atoms with E-state index in [1.54, 1.807) is 0 Å². The first-order chi connectivity index (χ1) is 6.33. The van der Waals surface area contributed by atoms with Gasteiger partial charge in [0.2, 0.25) is 0 Å². The van der Waals surface area contributed by atoms with Gasteiger partial charge in [-0.1, -0.05) is 6.07 Å². The van der Waals surface area contributed by atoms with Gasteiger partial charge < -0.3 is 10.6 Å². The van der Waals surface area contributed by atoms with Crippen LogP contribution in [0.1, 0.15) is 18.9 Å². The second-order valence-electron chi connectivity index (χ2n) is 3.53. The largest absolute Gasteiger partial charge is 0.398 e. The Kier molecular flexibility index (Phi) is 2.13. The fraction of sp³-hybridized carbons (Fsp3) is 0.455. The molecule has 1 aliphatic heterocycles. The molecule has 1 heterocycles. The van der Waals surface area contributed by atoms with Gasteiger partial charge in [0, 0.05) is 24.5 Å². The fourth-order valence-electron chi connectivity index (χ4n) is 2.06. The van der Waals surface area contributed by atoms with Gasteiger partial charge in [-0.3, -0.25) is 0 Å². The molecule has 0 saturated carbocycles. The number of nitrogen functional groups attached to an aromatic ring is 1. The Labute approximate surface area is 79.4 Å². The molecule has 1 aliphatic rings. The lowest BCUT2D eigenvalue weighted by Crippen LogP contribution is -2.29. The van der Waals surface area contributed by atoms with Crippen molar-refractivity contribution in [1.29, 1.82) is 0 Å². The highest BCUT2D eigenvalue weighted by molar-refractivity contribution is 5.66. The van der Waals surface area contributed by atoms with Gasteiger partial charge in [0.05, 0.1) is 0 Å². The number of benzene rings is 1. The van der Waals surface area contributed by atoms with E-state index in [0.29, 0.717) is 0 Å². The van der Waals surface area contributed by atoms with E-state index in [1.807, 2.05) is 12.1 Å². The Morgan fingerprint density at radius 1 is 1.46 bits per heavy atom. The van der Waals surface area contributed by atoms with Crippen LogP contribution >= 0.6 is 0 Å². The van der Waals surface area contributed by atoms with Gasteiger partial charge in [-0.15, -0.1) is 0 Å². The van der Waals surface area contributed by atoms with Crippen molar-refractivity contribution in [2.45, 2.75) is 19.8 Å². The van der Waals surface area contributed by atoms with Crippen molar-refractivity contribution in [2.75, 3.05) is 23.7 Å². The number of nitrogens with two attached hydrogens (primary N) is 1. The number of hydrogen-bond acceptors (Lipinski definition) is 2. The summed E-state index contributed by atoms with van der Waals surface area (Å²) < 4.78 is 0. The molecule has 2 N–H and O–H groups in total. The molecule has 0 saturated heterocycles. The summed E-state index contributed by atoms with van der Waals surface area (Å²) in [5.41, 5.74) is 9.57. The zero-order chi connectivity index (χ0) is 9.26. The monoisotopic (exact) mass is 176 g/mol. The molecule has 0 aliphatic carbocycles. The maximum atomic E-state index is 5.93. The van der Waals surface area contributed by atoms with E-state index in [2.05, 4.69) is 17.9 Å². The Bertz CT molecular complexity index is 307. The van der Waals surface area contributed by atoms with Crippen LogP contribution in [-0.4, -0.2) is 13.1 Å². The van der Waals surface area contributed by atoms with Crippen molar-refractivity contribution in [3.8, 4) is 0 Å². The minimum Gasteiger partial charge on any atom is -0.398 e. The summed E-state index contributed by atoms with van der Waals surface area (Å²) >= 11 is 0. The van der Waals surface area contributed by atoms with Crippen LogP contribution in [0.4, 0.5) is 11.4 Å². The van der Waals surface area contributed by atoms with Gasteiger partial charge in [-0.25, -0.2) is 0 Å². The van der Waals surface area contributed by atoms with Crippen LogP contribution in [0.3, 0.4) is 0 Å². The van der Waals surface area contributed by atoms with E-state index >= 15 is 0 Å². The molecule has 70 valence electrons. The van der Waals surface area contributed by atoms with Crippen molar-refractivity contribution in [2.24, 2.45) is 0 Å². The van der Waals surface area contributed by atoms with Crippen LogP contribution in [-0.2, 0) is 6.42 Å². The van der Waals surface area contributed by atoms with E-state index in [1.165, 1.54) is 24.2 Å². The van der Waals surface area contributed by atoms with Gasteiger partial charge in [0.25, 0.3) is 0 Å². The molecule has 13 heavy (non-hydrogen) atoms. The number of nitrogens with zero attached hydrogens (tertiary/aromatic N) is 1. The number of hydrogen-bond donors (Lipinski definition) is 1. The summed E-state index contributed by atoms with van der Waals surface area (Å²) in [6.45, 7) is 4.45. The Balaban J connectivity index is 2.45. The fourth-order valence-corrected chi connectivity index (χ4v) is 2.06. The lowest BCUT2D eigenvalue weighted by molar-refractivity contribution is 0.709. The third-order valence-electron chi connectivity index (χ3n) is 2.76. The van der Waals surface area contributed by atoms with Crippen LogP contribution in [0.5, 0.6) is 0 Å². The number of anilines is 2. The van der Waals surface area contributed by atoms with Gasteiger partial charge >= 0.3 is 0 Å². The second-order valence-corrected chi connectivity index (χ2v) is 3.53. The lowest BCUT2D eigenvalue weighted by Gasteiger charge is -2.30. The molecule has 0 fully saturated rings. The Morgan fingerprint density at radius 3 is 3.08 bits per heavy atom. The Hall–Kier alpha value is -1.18. The van der Waals surface area contributed by atoms with Gasteiger partial charge in [0.1, 0.15) is 0 Å². The zero-order valence-electron chi connectivity index (χ0n) is 8.09. The van der Waals surface area contributed by atoms with E-state index in [0.717, 1.165) is 18.7 Å². The van der Waals surface area contributed by atoms with Crippen LogP contribution in [0, 0.1) is 0 Å². The number of fused-ring (bicyclic) bond motifs is 1. The van der Waals surface area contributed by atoms with Crippen molar-refractivity contribution in [3.63, 3.8) is 0 Å². The molecule has 2 heteroatoms. The quantitative estimate of drug-likeness (QED) is 0.663. The predicted octanol–water partition coefficient (Wildman–Crippen LogP) is 2.04. The summed E-state index contributed by atoms with van der Waals surface area (Å²) in [6, 6.07) is 6.22. The average Bonchev–Trinajstić information content (AvgIpc) is 2.18. The lowest BCUT2D eigenvalue weighted by atomic mass is 10.00. The summed E-state index contributed by atoms with van der Waals surface area (Å²) in [5.74, 6) is 0. The number of rotatable bonds is 1. The SMILES string of the molecule is CCN1CCCc2c(N)cccc21. The van der Waals surface area contributed by atoms with E-state index in [9.17, 15) is 0 Å². The topological polar surface area (TPSA) is 29.3 Å². The van der Waals surface area contributed by atoms with Crippen molar-refractivity contribution in [1.82, 2.24) is 0 Å². The van der Waals surface area contributed by atoms with Crippen molar-refractivity contribution in [3.05, 3.63) is 23.8 Å². The summed E-state index contributed by atoms with van der Waals surface area (Å²) in [6.07, 6.45) is 2.37. The van der Waals surface area contributed by atoms with Crippen molar-refractivity contribution < 1.29 is 0 Å². The highest BCUT2D eigenvalue weighted by atomic mass is 15.1. The third kappa shape index (κ3) is 1.37. The minimum atomic E-state index is 0.954. The normalized spacial score (nSPS) is 15.6. The maximum absolute atomic E-state index is 5.93. The molecule has 0 spiro atoms. The smallest absolute Gasteiger partial charge is 0.0419 e. The summed E-state index contributed by atoms with van der Waals surface area (Å²) in [7, 11) is 0. The van der Waals surface area contributed by atoms with Crippen LogP contribution < -0.4 is 10.6 Å². The molecule has 0 atom stereocenters. The van der Waals surface area contributed by atoms with Crippen LogP contribution in [0.2, 0.25) is 0 Å². The van der Waals surface area contributed by atoms with E-state index in [4.69, 9.17) is 5.73 Å². The third-order valence-corrected chi connectivity index (χ3v) is 2.76. The molecule has 2 rings (SSSR count). The average molecular weight is 176 g/mol. The predicted molar refractivity (Wildman–Crippen MR) is 57.1 cm³/mol. The molecule has 0 unspecified atom stereocenters. The Morgan fingerprint density at radius 2 is 2.31 bits per heavy atom. The molecule has 0 radical (unpaired) electrons. The van der Waals surface area contributed by atoms with Gasteiger partial charge in [0.15, 0.2) is 0 Å². The van der Waals surface area contributed by atoms with Crippen LogP contribution in [0.25, 0.3) is 0 Å². The molecule has 0 amide bonds. The standard InChI is InChI=1S/C11H16N2/c1-2-13-8-4-5-9-10(12)6-3-7-11(9)13/h3,6-7H,2,4-5,8,12H2,1H3. The summed E-state index contributed by atoms with van der Waals surface area (Å²) in [5, 5.41) is 0. The minimum absolute atomic E-state index is 0.954. The summed E-state index contributed by atoms with van der Waals surface area (Å²) in [4.78, 5) is 2.40. The van der Waals surface area contributed by atoms with Gasteiger partial charge in [-0.2, -0.15) is 0 Å². The molecular weight excluding hydrogens is 160 g/mol. The van der Waals surface area contributed by atoms with E-state index < -0.39 is 0 Å². The molecule has 1 aromatic rings. The molecular formula is C11H16N2. The van der Waals surface area contributed by atoms with Crippen LogP contribution in [0.15, 0.2) is 18.2 Å². The molecule has 1 aromatic carbocycles. The van der Waals surface area contributed by atoms with Crippen molar-refractivity contribution >= 4 is 11.4 Å². The first-order valence-electron chi connectivity index (χ1n) is 4.95. The molecule has 2 nitrogen and oxygen atoms in total. The first kappa shape index (κ1) is 8.42. The highest BCUT2D eigenvalue weighted by Gasteiger charge is 2.16. The van der Waals surface area contributed by atoms with E-state index in [-0.39, 0.29) is 0 Å². The zero-order valence-corrected chi connectivity index (χ0v) is 8.09. The maximum Gasteiger partial charge on any atom is 0.0419 e. The molecule has 0 aromatic heterocycles. The molecule has 0 bridgehead atoms.